The van der Waals surface area contributed by atoms with E-state index in [0.29, 0.717) is 11.3 Å². The number of benzene rings is 2. The molecule has 20 heavy (non-hydrogen) atoms. The van der Waals surface area contributed by atoms with Crippen molar-refractivity contribution in [2.24, 2.45) is 0 Å². The normalized spacial score (nSPS) is 11.9. The molecular weight excluding hydrogens is 316 g/mol. The number of hydrogen-bond donors (Lipinski definition) is 2. The number of carbonyl (C=O) groups is 1. The topological polar surface area (TPSA) is 55.1 Å². The summed E-state index contributed by atoms with van der Waals surface area (Å²) in [6, 6.07) is 13.2. The number of nitrogens with one attached hydrogen (secondary N) is 1. The third-order valence-corrected chi connectivity index (χ3v) is 3.74. The van der Waals surface area contributed by atoms with Crippen molar-refractivity contribution in [2.75, 3.05) is 5.73 Å². The average molecular weight is 333 g/mol. The Balaban J connectivity index is 2.13. The van der Waals surface area contributed by atoms with Gasteiger partial charge >= 0.3 is 0 Å². The summed E-state index contributed by atoms with van der Waals surface area (Å²) in [5.74, 6) is -0.0853. The lowest BCUT2D eigenvalue weighted by Gasteiger charge is -2.15. The van der Waals surface area contributed by atoms with Crippen LogP contribution in [-0.2, 0) is 0 Å². The van der Waals surface area contributed by atoms with Gasteiger partial charge in [-0.25, -0.2) is 0 Å². The molecule has 2 aromatic rings. The largest absolute Gasteiger partial charge is 0.399 e. The highest BCUT2D eigenvalue weighted by Crippen LogP contribution is 2.18. The van der Waals surface area contributed by atoms with Crippen molar-refractivity contribution in [3.63, 3.8) is 0 Å². The van der Waals surface area contributed by atoms with Crippen LogP contribution in [0.3, 0.4) is 0 Å². The highest BCUT2D eigenvalue weighted by molar-refractivity contribution is 9.10. The van der Waals surface area contributed by atoms with Crippen LogP contribution in [0.4, 0.5) is 5.69 Å². The second-order valence-electron chi connectivity index (χ2n) is 4.82. The van der Waals surface area contributed by atoms with Crippen molar-refractivity contribution in [3.05, 3.63) is 63.6 Å². The quantitative estimate of drug-likeness (QED) is 0.839. The van der Waals surface area contributed by atoms with E-state index < -0.39 is 0 Å². The number of nitrogens with two attached hydrogens (primary N) is 1. The molecule has 0 spiro atoms. The van der Waals surface area contributed by atoms with Gasteiger partial charge < -0.3 is 11.1 Å². The van der Waals surface area contributed by atoms with Crippen molar-refractivity contribution in [1.82, 2.24) is 5.32 Å². The van der Waals surface area contributed by atoms with Gasteiger partial charge in [-0.15, -0.1) is 0 Å². The SMILES string of the molecule is Cc1cc(N)ccc1C(=O)N[C@H](C)c1ccc(Br)cc1. The van der Waals surface area contributed by atoms with Crippen LogP contribution in [0.5, 0.6) is 0 Å². The van der Waals surface area contributed by atoms with Crippen LogP contribution in [-0.4, -0.2) is 5.91 Å². The number of anilines is 1. The van der Waals surface area contributed by atoms with Crippen LogP contribution in [0, 0.1) is 6.92 Å². The molecule has 3 N–H and O–H groups in total. The Morgan fingerprint density at radius 2 is 1.85 bits per heavy atom. The summed E-state index contributed by atoms with van der Waals surface area (Å²) < 4.78 is 1.02. The van der Waals surface area contributed by atoms with E-state index in [1.807, 2.05) is 38.1 Å². The van der Waals surface area contributed by atoms with E-state index in [9.17, 15) is 4.79 Å². The Hall–Kier alpha value is -1.81. The fourth-order valence-corrected chi connectivity index (χ4v) is 2.32. The number of carbonyl (C=O) groups excluding carboxylic acids is 1. The molecule has 0 aliphatic heterocycles. The predicted molar refractivity (Wildman–Crippen MR) is 85.6 cm³/mol. The molecule has 0 saturated heterocycles. The van der Waals surface area contributed by atoms with Gasteiger partial charge in [0.15, 0.2) is 0 Å². The standard InChI is InChI=1S/C16H17BrN2O/c1-10-9-14(18)7-8-15(10)16(20)19-11(2)12-3-5-13(17)6-4-12/h3-9,11H,18H2,1-2H3,(H,19,20)/t11-/m1/s1. The van der Waals surface area contributed by atoms with E-state index in [-0.39, 0.29) is 11.9 Å². The van der Waals surface area contributed by atoms with Gasteiger partial charge in [0.2, 0.25) is 0 Å². The first-order valence-electron chi connectivity index (χ1n) is 6.40. The molecule has 0 aliphatic rings. The predicted octanol–water partition coefficient (Wildman–Crippen LogP) is 3.83. The molecule has 104 valence electrons. The number of nitrogen functional groups attached to an aromatic ring is 1. The molecule has 2 rings (SSSR count). The van der Waals surface area contributed by atoms with Crippen LogP contribution in [0.1, 0.15) is 34.5 Å². The van der Waals surface area contributed by atoms with E-state index in [0.717, 1.165) is 15.6 Å². The van der Waals surface area contributed by atoms with Crippen molar-refractivity contribution in [3.8, 4) is 0 Å². The third kappa shape index (κ3) is 3.39. The summed E-state index contributed by atoms with van der Waals surface area (Å²) in [5.41, 5.74) is 8.96. The lowest BCUT2D eigenvalue weighted by Crippen LogP contribution is -2.27. The Labute approximate surface area is 127 Å². The van der Waals surface area contributed by atoms with Crippen molar-refractivity contribution >= 4 is 27.5 Å². The first kappa shape index (κ1) is 14.6. The first-order chi connectivity index (χ1) is 9.47. The molecule has 1 amide bonds. The van der Waals surface area contributed by atoms with E-state index in [1.165, 1.54) is 0 Å². The number of hydrogen-bond acceptors (Lipinski definition) is 2. The van der Waals surface area contributed by atoms with Gasteiger partial charge in [-0.05, 0) is 55.3 Å². The summed E-state index contributed by atoms with van der Waals surface area (Å²) >= 11 is 3.40. The molecule has 0 bridgehead atoms. The van der Waals surface area contributed by atoms with Crippen LogP contribution in [0.25, 0.3) is 0 Å². The fourth-order valence-electron chi connectivity index (χ4n) is 2.05. The van der Waals surface area contributed by atoms with Gasteiger partial charge in [0.25, 0.3) is 5.91 Å². The summed E-state index contributed by atoms with van der Waals surface area (Å²) in [6.45, 7) is 3.85. The number of aryl methyl sites for hydroxylation is 1. The molecule has 1 atom stereocenters. The van der Waals surface area contributed by atoms with Crippen molar-refractivity contribution in [1.29, 1.82) is 0 Å². The van der Waals surface area contributed by atoms with Crippen LogP contribution < -0.4 is 11.1 Å². The van der Waals surface area contributed by atoms with Gasteiger partial charge in [0.1, 0.15) is 0 Å². The number of rotatable bonds is 3. The minimum atomic E-state index is -0.0853. The summed E-state index contributed by atoms with van der Waals surface area (Å²) in [7, 11) is 0. The molecular formula is C16H17BrN2O. The van der Waals surface area contributed by atoms with Gasteiger partial charge in [-0.3, -0.25) is 4.79 Å². The lowest BCUT2D eigenvalue weighted by molar-refractivity contribution is 0.0939. The van der Waals surface area contributed by atoms with E-state index in [1.54, 1.807) is 18.2 Å². The van der Waals surface area contributed by atoms with Gasteiger partial charge in [0.05, 0.1) is 6.04 Å². The van der Waals surface area contributed by atoms with E-state index in [2.05, 4.69) is 21.2 Å². The Kier molecular flexibility index (Phi) is 4.45. The van der Waals surface area contributed by atoms with Gasteiger partial charge in [-0.1, -0.05) is 28.1 Å². The van der Waals surface area contributed by atoms with Gasteiger partial charge in [-0.2, -0.15) is 0 Å². The van der Waals surface area contributed by atoms with Crippen LogP contribution in [0.2, 0.25) is 0 Å². The number of halogens is 1. The summed E-state index contributed by atoms with van der Waals surface area (Å²) in [5, 5.41) is 3.00. The molecule has 4 heteroatoms. The highest BCUT2D eigenvalue weighted by Gasteiger charge is 2.13. The lowest BCUT2D eigenvalue weighted by atomic mass is 10.1. The molecule has 0 radical (unpaired) electrons. The zero-order chi connectivity index (χ0) is 14.7. The molecule has 0 fully saturated rings. The third-order valence-electron chi connectivity index (χ3n) is 3.21. The fraction of sp³-hybridized carbons (Fsp3) is 0.188. The number of amides is 1. The monoisotopic (exact) mass is 332 g/mol. The molecule has 0 aliphatic carbocycles. The molecule has 0 aromatic heterocycles. The minimum absolute atomic E-state index is 0.0486. The second kappa shape index (κ2) is 6.09. The highest BCUT2D eigenvalue weighted by atomic mass is 79.9. The van der Waals surface area contributed by atoms with Gasteiger partial charge in [0, 0.05) is 15.7 Å². The maximum atomic E-state index is 12.3. The van der Waals surface area contributed by atoms with E-state index >= 15 is 0 Å². The Morgan fingerprint density at radius 3 is 2.45 bits per heavy atom. The first-order valence-corrected chi connectivity index (χ1v) is 7.19. The molecule has 0 heterocycles. The van der Waals surface area contributed by atoms with Crippen LogP contribution >= 0.6 is 15.9 Å². The molecule has 2 aromatic carbocycles. The second-order valence-corrected chi connectivity index (χ2v) is 5.74. The maximum Gasteiger partial charge on any atom is 0.252 e. The maximum absolute atomic E-state index is 12.3. The van der Waals surface area contributed by atoms with Crippen molar-refractivity contribution in [2.45, 2.75) is 19.9 Å². The smallest absolute Gasteiger partial charge is 0.252 e. The zero-order valence-corrected chi connectivity index (χ0v) is 13.1. The average Bonchev–Trinajstić information content (AvgIpc) is 2.39. The Bertz CT molecular complexity index is 623. The zero-order valence-electron chi connectivity index (χ0n) is 11.5. The summed E-state index contributed by atoms with van der Waals surface area (Å²) in [4.78, 5) is 12.3. The minimum Gasteiger partial charge on any atom is -0.399 e. The van der Waals surface area contributed by atoms with Crippen molar-refractivity contribution < 1.29 is 4.79 Å². The van der Waals surface area contributed by atoms with E-state index in [4.69, 9.17) is 5.73 Å². The molecule has 0 unspecified atom stereocenters. The molecule has 0 saturated carbocycles. The van der Waals surface area contributed by atoms with Crippen LogP contribution in [0.15, 0.2) is 46.9 Å². The molecule has 3 nitrogen and oxygen atoms in total. The Morgan fingerprint density at radius 1 is 1.20 bits per heavy atom. The summed E-state index contributed by atoms with van der Waals surface area (Å²) in [6.07, 6.45) is 0.